The van der Waals surface area contributed by atoms with Gasteiger partial charge in [0.1, 0.15) is 11.5 Å². The van der Waals surface area contributed by atoms with Crippen molar-refractivity contribution in [3.05, 3.63) is 106 Å². The van der Waals surface area contributed by atoms with Crippen LogP contribution >= 0.6 is 31.9 Å². The van der Waals surface area contributed by atoms with Crippen molar-refractivity contribution in [2.24, 2.45) is 0 Å². The molecule has 6 rings (SSSR count). The molecule has 0 radical (unpaired) electrons. The lowest BCUT2D eigenvalue weighted by atomic mass is 10.1. The highest BCUT2D eigenvalue weighted by atomic mass is 79.9. The Morgan fingerprint density at radius 3 is 1.00 bits per heavy atom. The van der Waals surface area contributed by atoms with Crippen LogP contribution in [0.5, 0.6) is 11.5 Å². The molecule has 46 heavy (non-hydrogen) atoms. The molecule has 4 aromatic carbocycles. The number of ether oxygens (including phenoxy) is 2. The minimum atomic E-state index is 0.486. The summed E-state index contributed by atoms with van der Waals surface area (Å²) in [7, 11) is 0. The second-order valence-electron chi connectivity index (χ2n) is 10.7. The molecule has 0 saturated carbocycles. The molecular formula is C36H32Br2N4O4. The van der Waals surface area contributed by atoms with Crippen LogP contribution in [0.15, 0.2) is 115 Å². The van der Waals surface area contributed by atoms with Crippen LogP contribution in [0.4, 0.5) is 0 Å². The Balaban J connectivity index is 0.824. The largest absolute Gasteiger partial charge is 0.494 e. The molecular weight excluding hydrogens is 712 g/mol. The third-order valence-electron chi connectivity index (χ3n) is 7.31. The Hall–Kier alpha value is -4.28. The third kappa shape index (κ3) is 8.70. The van der Waals surface area contributed by atoms with Gasteiger partial charge < -0.3 is 18.3 Å². The summed E-state index contributed by atoms with van der Waals surface area (Å²) in [6, 6.07) is 31.1. The molecule has 0 N–H and O–H groups in total. The first-order chi connectivity index (χ1) is 22.6. The lowest BCUT2D eigenvalue weighted by Gasteiger charge is -2.07. The molecule has 0 saturated heterocycles. The van der Waals surface area contributed by atoms with Gasteiger partial charge in [0.25, 0.3) is 0 Å². The molecule has 10 heteroatoms. The van der Waals surface area contributed by atoms with Gasteiger partial charge in [0.05, 0.1) is 13.2 Å². The summed E-state index contributed by atoms with van der Waals surface area (Å²) in [5, 5.41) is 16.7. The maximum atomic E-state index is 5.93. The molecule has 0 spiro atoms. The van der Waals surface area contributed by atoms with E-state index in [9.17, 15) is 0 Å². The van der Waals surface area contributed by atoms with Gasteiger partial charge in [0.15, 0.2) is 0 Å². The molecule has 0 atom stereocenters. The Bertz CT molecular complexity index is 1670. The van der Waals surface area contributed by atoms with E-state index >= 15 is 0 Å². The molecule has 0 bridgehead atoms. The SMILES string of the molecule is Brc1ccc(-c2nnc(-c3ccc(OCCCCCCCCOc4ccc(-c5nnc(-c6ccc(Br)cc6)o5)cc4)cc3)o2)cc1. The van der Waals surface area contributed by atoms with Crippen LogP contribution < -0.4 is 9.47 Å². The van der Waals surface area contributed by atoms with E-state index < -0.39 is 0 Å². The second kappa shape index (κ2) is 15.8. The van der Waals surface area contributed by atoms with Crippen molar-refractivity contribution in [2.75, 3.05) is 13.2 Å². The van der Waals surface area contributed by atoms with E-state index in [0.717, 1.165) is 68.4 Å². The van der Waals surface area contributed by atoms with E-state index in [1.165, 1.54) is 12.8 Å². The maximum absolute atomic E-state index is 5.93. The average Bonchev–Trinajstić information content (AvgIpc) is 3.78. The van der Waals surface area contributed by atoms with Crippen molar-refractivity contribution in [3.8, 4) is 57.3 Å². The van der Waals surface area contributed by atoms with Crippen molar-refractivity contribution in [2.45, 2.75) is 38.5 Å². The summed E-state index contributed by atoms with van der Waals surface area (Å²) in [6.07, 6.45) is 6.69. The Morgan fingerprint density at radius 1 is 0.391 bits per heavy atom. The van der Waals surface area contributed by atoms with Gasteiger partial charge in [-0.2, -0.15) is 0 Å². The van der Waals surface area contributed by atoms with Crippen LogP contribution in [0.3, 0.4) is 0 Å². The number of hydrogen-bond acceptors (Lipinski definition) is 8. The molecule has 8 nitrogen and oxygen atoms in total. The molecule has 234 valence electrons. The van der Waals surface area contributed by atoms with Crippen LogP contribution in [0, 0.1) is 0 Å². The normalized spacial score (nSPS) is 11.1. The zero-order valence-corrected chi connectivity index (χ0v) is 28.2. The quantitative estimate of drug-likeness (QED) is 0.0959. The predicted molar refractivity (Wildman–Crippen MR) is 184 cm³/mol. The molecule has 0 unspecified atom stereocenters. The van der Waals surface area contributed by atoms with Crippen molar-refractivity contribution in [3.63, 3.8) is 0 Å². The fourth-order valence-corrected chi connectivity index (χ4v) is 5.31. The van der Waals surface area contributed by atoms with Crippen LogP contribution in [-0.4, -0.2) is 33.6 Å². The van der Waals surface area contributed by atoms with E-state index in [4.69, 9.17) is 18.3 Å². The van der Waals surface area contributed by atoms with Crippen molar-refractivity contribution >= 4 is 31.9 Å². The van der Waals surface area contributed by atoms with Crippen molar-refractivity contribution < 1.29 is 18.3 Å². The third-order valence-corrected chi connectivity index (χ3v) is 8.37. The lowest BCUT2D eigenvalue weighted by Crippen LogP contribution is -1.98. The van der Waals surface area contributed by atoms with Gasteiger partial charge in [0, 0.05) is 31.2 Å². The fourth-order valence-electron chi connectivity index (χ4n) is 4.78. The van der Waals surface area contributed by atoms with E-state index in [1.54, 1.807) is 0 Å². The summed E-state index contributed by atoms with van der Waals surface area (Å²) < 4.78 is 25.6. The Labute approximate surface area is 284 Å². The molecule has 0 fully saturated rings. The van der Waals surface area contributed by atoms with E-state index in [0.29, 0.717) is 36.8 Å². The van der Waals surface area contributed by atoms with Crippen LogP contribution in [0.25, 0.3) is 45.8 Å². The molecule has 0 amide bonds. The van der Waals surface area contributed by atoms with Crippen molar-refractivity contribution in [1.29, 1.82) is 0 Å². The zero-order valence-electron chi connectivity index (χ0n) is 25.1. The summed E-state index contributed by atoms with van der Waals surface area (Å²) in [5.74, 6) is 3.64. The van der Waals surface area contributed by atoms with Gasteiger partial charge in [0.2, 0.25) is 23.6 Å². The molecule has 6 aromatic rings. The van der Waals surface area contributed by atoms with E-state index in [2.05, 4.69) is 52.3 Å². The highest BCUT2D eigenvalue weighted by molar-refractivity contribution is 9.10. The van der Waals surface area contributed by atoms with Gasteiger partial charge >= 0.3 is 0 Å². The molecule has 2 aromatic heterocycles. The number of nitrogens with zero attached hydrogens (tertiary/aromatic N) is 4. The first-order valence-electron chi connectivity index (χ1n) is 15.3. The van der Waals surface area contributed by atoms with Crippen LogP contribution in [0.1, 0.15) is 38.5 Å². The number of unbranched alkanes of at least 4 members (excludes halogenated alkanes) is 5. The number of hydrogen-bond donors (Lipinski definition) is 0. The summed E-state index contributed by atoms with van der Waals surface area (Å²) in [5.41, 5.74) is 3.48. The number of halogens is 2. The second-order valence-corrected chi connectivity index (χ2v) is 12.5. The summed E-state index contributed by atoms with van der Waals surface area (Å²) in [6.45, 7) is 1.39. The number of aromatic nitrogens is 4. The molecule has 0 aliphatic rings. The standard InChI is InChI=1S/C36H32Br2N4O4/c37-29-15-7-25(8-16-29)33-39-41-35(45-33)27-11-19-31(20-12-27)43-23-5-3-1-2-4-6-24-44-32-21-13-28(14-22-32)36-42-40-34(46-36)26-9-17-30(38)18-10-26/h7-22H,1-6,23-24H2. The molecule has 2 heterocycles. The maximum Gasteiger partial charge on any atom is 0.248 e. The first-order valence-corrected chi connectivity index (χ1v) is 16.8. The monoisotopic (exact) mass is 742 g/mol. The smallest absolute Gasteiger partial charge is 0.248 e. The van der Waals surface area contributed by atoms with Gasteiger partial charge in [-0.15, -0.1) is 20.4 Å². The minimum absolute atomic E-state index is 0.486. The minimum Gasteiger partial charge on any atom is -0.494 e. The highest BCUT2D eigenvalue weighted by Gasteiger charge is 2.12. The first kappa shape index (κ1) is 31.7. The van der Waals surface area contributed by atoms with Gasteiger partial charge in [-0.25, -0.2) is 0 Å². The van der Waals surface area contributed by atoms with Crippen LogP contribution in [-0.2, 0) is 0 Å². The topological polar surface area (TPSA) is 96.3 Å². The molecule has 0 aliphatic heterocycles. The lowest BCUT2D eigenvalue weighted by molar-refractivity contribution is 0.297. The van der Waals surface area contributed by atoms with Crippen LogP contribution in [0.2, 0.25) is 0 Å². The van der Waals surface area contributed by atoms with Gasteiger partial charge in [-0.1, -0.05) is 57.5 Å². The van der Waals surface area contributed by atoms with Gasteiger partial charge in [-0.3, -0.25) is 0 Å². The number of rotatable bonds is 15. The van der Waals surface area contributed by atoms with Gasteiger partial charge in [-0.05, 0) is 110 Å². The fraction of sp³-hybridized carbons (Fsp3) is 0.222. The number of benzene rings is 4. The molecule has 0 aliphatic carbocycles. The summed E-state index contributed by atoms with van der Waals surface area (Å²) >= 11 is 6.88. The zero-order chi connectivity index (χ0) is 31.6. The summed E-state index contributed by atoms with van der Waals surface area (Å²) in [4.78, 5) is 0. The predicted octanol–water partition coefficient (Wildman–Crippen LogP) is 10.4. The van der Waals surface area contributed by atoms with E-state index in [-0.39, 0.29) is 0 Å². The van der Waals surface area contributed by atoms with E-state index in [1.807, 2.05) is 97.1 Å². The Morgan fingerprint density at radius 2 is 0.674 bits per heavy atom. The highest BCUT2D eigenvalue weighted by Crippen LogP contribution is 2.28. The van der Waals surface area contributed by atoms with Crippen molar-refractivity contribution in [1.82, 2.24) is 20.4 Å². The Kier molecular flexibility index (Phi) is 10.9. The average molecular weight is 744 g/mol.